The van der Waals surface area contributed by atoms with Crippen LogP contribution < -0.4 is 10.2 Å². The second-order valence-electron chi connectivity index (χ2n) is 45.4. The number of nitrogens with one attached hydrogen (secondary N) is 1. The fourth-order valence-corrected chi connectivity index (χ4v) is 22.5. The molecule has 29 nitrogen and oxygen atoms in total. The zero-order valence-electron chi connectivity index (χ0n) is 90.0. The van der Waals surface area contributed by atoms with E-state index < -0.39 is 5.97 Å². The Kier molecular flexibility index (Phi) is 65.4. The van der Waals surface area contributed by atoms with Crippen molar-refractivity contribution in [3.05, 3.63) is 42.0 Å². The Morgan fingerprint density at radius 3 is 1.20 bits per heavy atom. The molecule has 1 aromatic carbocycles. The van der Waals surface area contributed by atoms with Gasteiger partial charge in [-0.3, -0.25) is 48.7 Å². The van der Waals surface area contributed by atoms with Crippen molar-refractivity contribution >= 4 is 64.2 Å². The molecule has 858 valence electrons. The number of piperidine rings is 8. The Morgan fingerprint density at radius 2 is 0.830 bits per heavy atom. The maximum atomic E-state index is 13.0. The van der Waals surface area contributed by atoms with Crippen molar-refractivity contribution < 1.29 is 58.0 Å². The summed E-state index contributed by atoms with van der Waals surface area (Å²) in [5.74, 6) is 1.64. The summed E-state index contributed by atoms with van der Waals surface area (Å²) < 4.78 is 4.97. The van der Waals surface area contributed by atoms with Crippen LogP contribution in [-0.4, -0.2) is 352 Å². The highest BCUT2D eigenvalue weighted by Crippen LogP contribution is 2.44. The summed E-state index contributed by atoms with van der Waals surface area (Å²) in [7, 11) is 3.49. The van der Waals surface area contributed by atoms with Crippen LogP contribution in [0.2, 0.25) is 0 Å². The number of nitrogens with zero attached hydrogens (tertiary/aromatic N) is 16. The summed E-state index contributed by atoms with van der Waals surface area (Å²) in [6.07, 6.45) is 31.8. The second kappa shape index (κ2) is 67.6. The van der Waals surface area contributed by atoms with Gasteiger partial charge in [-0.25, -0.2) is 14.4 Å². The summed E-state index contributed by atoms with van der Waals surface area (Å²) in [4.78, 5) is 120. The molecule has 11 fully saturated rings. The number of amides is 5. The molecule has 17 rings (SSSR count). The monoisotopic (exact) mass is 2080 g/mol. The molecule has 15 aliphatic heterocycles. The first-order valence-electron chi connectivity index (χ1n) is 54.0. The Hall–Kier alpha value is -6.86. The summed E-state index contributed by atoms with van der Waals surface area (Å²) in [5.41, 5.74) is 4.06. The first-order valence-corrected chi connectivity index (χ1v) is 54.0. The Labute approximate surface area is 901 Å². The molecule has 11 saturated heterocycles. The van der Waals surface area contributed by atoms with Gasteiger partial charge in [0.05, 0.1) is 17.7 Å². The van der Waals surface area contributed by atoms with Gasteiger partial charge in [0.2, 0.25) is 11.8 Å². The molecular weight excluding hydrogens is 1850 g/mol. The number of ether oxygens (including phenoxy) is 1. The van der Waals surface area contributed by atoms with Crippen LogP contribution in [0.15, 0.2) is 62.6 Å². The molecule has 29 heteroatoms. The SMILES string of the molecule is C.C.C.C.C.C.C.C.C.C.CC(C)C1=CCCCC1.CC(C)C1=NOC2(CCCN(C(C)C)C2)C1.CC(C)N1CCCC(N2CCCC2=O)C1.CC(C)N1CCCC(N2CCNC2=O)C1.CC(C)N1CCCC2(CC(C(=O)N(C)C)=NO2)C1.CC(C)N1CCCC2(CC(C(=O)O)=NO2)C1.CC(C)N1CCCC2(CCN(c3ccccc3)C2=O)C1.CC1CCCN(C(C)C)C1.CCOC(=O)C1=NOC2(CCCN(C(C)C)C2)C1. The van der Waals surface area contributed by atoms with Crippen LogP contribution in [0.5, 0.6) is 0 Å². The number of hydrogen-bond donors (Lipinski definition) is 2. The van der Waals surface area contributed by atoms with Gasteiger partial charge in [-0.2, -0.15) is 0 Å². The number of carboxylic acids is 1. The molecule has 0 saturated carbocycles. The standard InChI is InChI=1S/C17H24N2O.C13H23N3O2.C13H22N2O3.C13H24N2O.C12H22N2O.C11H21N3O.C11H18N2O3.C9H19N.C9H16.10CH4/c1-14(2)18-11-6-9-17(13-18)10-12-19(16(17)20)15-7-4-3-5-8-15;1-10(2)16-7-5-6-13(9-16)8-11(14-18-13)12(17)15(3)4;1-4-17-12(16)11-8-13(18-14-11)6-5-7-15(9-13)10(2)3;1-10(2)12-8-13(16-14-12)6-5-7-15(9-13)11(3)4;1-10(2)13-7-3-5-11(9-13)14-8-4-6-12(14)15;1-9(2)13-6-3-4-10(8-13)14-7-5-12-11(14)15;1-8(2)13-5-3-4-11(7-13)6-9(10(14)15)12-16-11;1-8(2)10-6-4-5-9(3)7-10;1-8(2)9-6-4-3-5-7-9;;;;;;;;;;/h3-5,7-8,14H,6,9-13H2,1-2H3;10H,5-9H2,1-4H3;10H,4-9H2,1-3H3;10-11H,5-9H2,1-4H3;10-11H,3-9H2,1-2H3;9-10H,3-8H2,1-2H3,(H,12,15);8H,3-7H2,1-2H3,(H,14,15);8-9H,4-7H2,1-3H3;6,8H,3-5,7H2,1-2H3;10*1H4. The molecule has 1 aliphatic carbocycles. The maximum Gasteiger partial charge on any atom is 0.356 e. The Morgan fingerprint density at radius 1 is 0.429 bits per heavy atom. The molecule has 0 bridgehead atoms. The van der Waals surface area contributed by atoms with E-state index in [-0.39, 0.29) is 126 Å². The molecule has 2 N–H and O–H groups in total. The summed E-state index contributed by atoms with van der Waals surface area (Å²) in [5, 5.41) is 27.7. The highest BCUT2D eigenvalue weighted by atomic mass is 16.7. The largest absolute Gasteiger partial charge is 0.477 e. The predicted molar refractivity (Wildman–Crippen MR) is 621 cm³/mol. The lowest BCUT2D eigenvalue weighted by atomic mass is 9.78. The summed E-state index contributed by atoms with van der Waals surface area (Å²) >= 11 is 0. The number of rotatable bonds is 17. The van der Waals surface area contributed by atoms with E-state index >= 15 is 0 Å². The quantitative estimate of drug-likeness (QED) is 0.108. The van der Waals surface area contributed by atoms with E-state index in [0.29, 0.717) is 109 Å². The molecule has 16 aliphatic rings. The Bertz CT molecular complexity index is 4030. The minimum Gasteiger partial charge on any atom is -0.477 e. The third-order valence-electron chi connectivity index (χ3n) is 31.3. The number of oxime groups is 4. The average molecular weight is 2080 g/mol. The van der Waals surface area contributed by atoms with Crippen LogP contribution in [0.4, 0.5) is 10.5 Å². The van der Waals surface area contributed by atoms with Gasteiger partial charge in [0, 0.05) is 191 Å². The first-order chi connectivity index (χ1) is 65.0. The third kappa shape index (κ3) is 41.8. The molecule has 5 amide bonds. The molecule has 5 spiro atoms. The number of anilines is 1. The van der Waals surface area contributed by atoms with Gasteiger partial charge in [0.25, 0.3) is 5.91 Å². The molecule has 0 radical (unpaired) electrons. The van der Waals surface area contributed by atoms with Crippen molar-refractivity contribution in [3.8, 4) is 0 Å². The lowest BCUT2D eigenvalue weighted by molar-refractivity contribution is -0.135. The van der Waals surface area contributed by atoms with Gasteiger partial charge in [0.1, 0.15) is 5.71 Å². The zero-order valence-corrected chi connectivity index (χ0v) is 90.0. The minimum atomic E-state index is -0.960. The van der Waals surface area contributed by atoms with Crippen molar-refractivity contribution in [1.29, 1.82) is 0 Å². The number of hydrogen-bond acceptors (Lipinski definition) is 23. The van der Waals surface area contributed by atoms with E-state index in [0.717, 1.165) is 212 Å². The number of allylic oxidation sites excluding steroid dienone is 2. The van der Waals surface area contributed by atoms with Gasteiger partial charge >= 0.3 is 18.0 Å². The van der Waals surface area contributed by atoms with Crippen molar-refractivity contribution in [2.45, 2.75) is 483 Å². The summed E-state index contributed by atoms with van der Waals surface area (Å²) in [6.45, 7) is 69.9. The molecule has 0 aromatic heterocycles. The summed E-state index contributed by atoms with van der Waals surface area (Å²) in [6, 6.07) is 15.8. The number of carboxylic acid groups (broad SMARTS) is 1. The number of para-hydroxylation sites is 1. The van der Waals surface area contributed by atoms with E-state index in [1.54, 1.807) is 31.5 Å². The average Bonchev–Trinajstić information content (AvgIpc) is 1.47. The molecule has 1 aromatic rings. The third-order valence-corrected chi connectivity index (χ3v) is 31.3. The lowest BCUT2D eigenvalue weighted by Crippen LogP contribution is -2.51. The fraction of sp³-hybridized carbons (Fsp3) is 0.847. The molecule has 8 unspecified atom stereocenters. The van der Waals surface area contributed by atoms with Crippen LogP contribution >= 0.6 is 0 Å². The molecule has 15 heterocycles. The van der Waals surface area contributed by atoms with Gasteiger partial charge in [0.15, 0.2) is 33.8 Å². The van der Waals surface area contributed by atoms with Crippen LogP contribution in [0.3, 0.4) is 0 Å². The van der Waals surface area contributed by atoms with Gasteiger partial charge in [-0.15, -0.1) is 0 Å². The van der Waals surface area contributed by atoms with E-state index in [2.05, 4.69) is 222 Å². The maximum absolute atomic E-state index is 13.0. The molecule has 147 heavy (non-hydrogen) atoms. The van der Waals surface area contributed by atoms with E-state index in [1.165, 1.54) is 103 Å². The van der Waals surface area contributed by atoms with Crippen molar-refractivity contribution in [2.75, 3.05) is 156 Å². The van der Waals surface area contributed by atoms with Crippen molar-refractivity contribution in [3.63, 3.8) is 0 Å². The highest BCUT2D eigenvalue weighted by Gasteiger charge is 2.52. The van der Waals surface area contributed by atoms with E-state index in [1.807, 2.05) is 40.1 Å². The normalized spacial score (nSPS) is 26.6. The van der Waals surface area contributed by atoms with Crippen LogP contribution in [0.25, 0.3) is 0 Å². The van der Waals surface area contributed by atoms with Gasteiger partial charge in [-0.05, 0) is 341 Å². The van der Waals surface area contributed by atoms with Crippen LogP contribution in [0, 0.1) is 23.2 Å². The number of carbonyl (C=O) groups is 6. The fourth-order valence-electron chi connectivity index (χ4n) is 22.5. The Balaban J connectivity index is 0. The van der Waals surface area contributed by atoms with E-state index in [9.17, 15) is 28.8 Å². The molecule has 8 atom stereocenters. The number of aliphatic carboxylic acids is 1. The van der Waals surface area contributed by atoms with Crippen LogP contribution in [0.1, 0.15) is 400 Å². The number of benzene rings is 1. The van der Waals surface area contributed by atoms with Crippen molar-refractivity contribution in [2.24, 2.45) is 43.8 Å². The van der Waals surface area contributed by atoms with Gasteiger partial charge in [-0.1, -0.05) is 159 Å². The predicted octanol–water partition coefficient (Wildman–Crippen LogP) is 23.3. The smallest absolute Gasteiger partial charge is 0.356 e. The van der Waals surface area contributed by atoms with Gasteiger partial charge < -0.3 is 59.0 Å². The second-order valence-corrected chi connectivity index (χ2v) is 45.4. The minimum absolute atomic E-state index is 0. The number of likely N-dealkylation sites (tertiary alicyclic amines) is 9. The van der Waals surface area contributed by atoms with Crippen LogP contribution in [-0.2, 0) is 48.1 Å². The topological polar surface area (TPSA) is 269 Å². The molecular formula is C118H229N17O12. The lowest BCUT2D eigenvalue weighted by Gasteiger charge is -2.41. The highest BCUT2D eigenvalue weighted by molar-refractivity contribution is 6.39. The number of esters is 1. The number of carbonyl (C=O) groups excluding carboxylic acids is 5. The number of urea groups is 1. The first kappa shape index (κ1) is 142. The zero-order chi connectivity index (χ0) is 100. The van der Waals surface area contributed by atoms with Crippen molar-refractivity contribution in [1.82, 2.24) is 59.2 Å². The van der Waals surface area contributed by atoms with E-state index in [4.69, 9.17) is 29.2 Å².